The summed E-state index contributed by atoms with van der Waals surface area (Å²) >= 11 is 2.49. The van der Waals surface area contributed by atoms with Crippen molar-refractivity contribution in [3.8, 4) is 11.1 Å². The van der Waals surface area contributed by atoms with E-state index in [4.69, 9.17) is 22.4 Å². The fourth-order valence-electron chi connectivity index (χ4n) is 3.30. The molecule has 0 spiro atoms. The number of amidine groups is 1. The number of hydrogen-bond acceptors (Lipinski definition) is 11. The third-order valence-corrected chi connectivity index (χ3v) is 7.52. The second-order valence-corrected chi connectivity index (χ2v) is 10.4. The number of hydrazone groups is 1. The van der Waals surface area contributed by atoms with E-state index < -0.39 is 10.0 Å². The minimum absolute atomic E-state index is 0.133. The molecule has 1 aromatic heterocycles. The summed E-state index contributed by atoms with van der Waals surface area (Å²) in [5, 5.41) is 13.1. The summed E-state index contributed by atoms with van der Waals surface area (Å²) in [5.74, 6) is 5.20. The van der Waals surface area contributed by atoms with E-state index in [-0.39, 0.29) is 16.3 Å². The smallest absolute Gasteiger partial charge is 0.239 e. The number of para-hydroxylation sites is 1. The Bertz CT molecular complexity index is 1260. The van der Waals surface area contributed by atoms with Gasteiger partial charge < -0.3 is 16.8 Å². The Balaban J connectivity index is 2.16. The van der Waals surface area contributed by atoms with Gasteiger partial charge in [0.1, 0.15) is 4.90 Å². The molecule has 2 aromatic carbocycles. The highest BCUT2D eigenvalue weighted by atomic mass is 32.2. The first-order valence-corrected chi connectivity index (χ1v) is 13.2. The van der Waals surface area contributed by atoms with Crippen molar-refractivity contribution < 1.29 is 8.42 Å². The highest BCUT2D eigenvalue weighted by Gasteiger charge is 2.27. The molecule has 0 atom stereocenters. The summed E-state index contributed by atoms with van der Waals surface area (Å²) < 4.78 is 29.5. The van der Waals surface area contributed by atoms with Gasteiger partial charge in [0, 0.05) is 22.6 Å². The van der Waals surface area contributed by atoms with Gasteiger partial charge in [0.2, 0.25) is 10.0 Å². The van der Waals surface area contributed by atoms with Gasteiger partial charge in [-0.2, -0.15) is 0 Å². The van der Waals surface area contributed by atoms with Crippen molar-refractivity contribution in [2.75, 3.05) is 25.4 Å². The van der Waals surface area contributed by atoms with E-state index in [9.17, 15) is 8.42 Å². The van der Waals surface area contributed by atoms with Gasteiger partial charge in [-0.25, -0.2) is 29.9 Å². The topological polar surface area (TPSA) is 200 Å². The van der Waals surface area contributed by atoms with Crippen molar-refractivity contribution in [2.45, 2.75) is 23.1 Å². The van der Waals surface area contributed by atoms with Crippen LogP contribution in [0.1, 0.15) is 18.9 Å². The number of nitrogens with one attached hydrogen (secondary N) is 3. The number of sulfonamides is 1. The Morgan fingerprint density at radius 1 is 1.21 bits per heavy atom. The molecule has 3 rings (SSSR count). The molecule has 0 bridgehead atoms. The van der Waals surface area contributed by atoms with Crippen LogP contribution in [0.15, 0.2) is 45.2 Å². The Morgan fingerprint density at radius 3 is 2.70 bits per heavy atom. The second-order valence-electron chi connectivity index (χ2n) is 6.89. The van der Waals surface area contributed by atoms with Crippen LogP contribution in [-0.4, -0.2) is 38.9 Å². The number of nitrogens with two attached hydrogens (primary N) is 4. The molecular weight excluding hydrogens is 482 g/mol. The highest BCUT2D eigenvalue weighted by molar-refractivity contribution is 7.98. The number of hydrogen-bond donors (Lipinski definition) is 7. The number of benzene rings is 2. The number of rotatable bonds is 11. The van der Waals surface area contributed by atoms with Gasteiger partial charge in [-0.15, -0.1) is 5.10 Å². The maximum Gasteiger partial charge on any atom is 0.239 e. The van der Waals surface area contributed by atoms with Crippen molar-refractivity contribution in [2.24, 2.45) is 21.8 Å². The standard InChI is InChI=1S/C19H27N9O2S3/c1-2-24-9-4-10-25-32-14-8-7-11(12-5-3-6-13-16(12)26-19(21)31-13)15(18(20)27-28-22)17(14)33(23,29)30/h3,5-8,24-25,28H,2,4,9-10,22H2,1H3,(H2,20,27)(H2,21,26)(H2,23,29,30). The molecule has 33 heavy (non-hydrogen) atoms. The van der Waals surface area contributed by atoms with Gasteiger partial charge in [0.25, 0.3) is 0 Å². The largest absolute Gasteiger partial charge is 0.382 e. The zero-order valence-electron chi connectivity index (χ0n) is 18.0. The normalized spacial score (nSPS) is 12.4. The molecule has 0 radical (unpaired) electrons. The zero-order valence-corrected chi connectivity index (χ0v) is 20.4. The average molecular weight is 510 g/mol. The lowest BCUT2D eigenvalue weighted by atomic mass is 9.98. The lowest BCUT2D eigenvalue weighted by molar-refractivity contribution is 0.595. The number of aromatic nitrogens is 1. The predicted octanol–water partition coefficient (Wildman–Crippen LogP) is 0.873. The quantitative estimate of drug-likeness (QED) is 0.0486. The van der Waals surface area contributed by atoms with Crippen molar-refractivity contribution in [3.63, 3.8) is 0 Å². The van der Waals surface area contributed by atoms with Gasteiger partial charge in [-0.1, -0.05) is 36.5 Å². The molecule has 0 aliphatic rings. The molecule has 178 valence electrons. The van der Waals surface area contributed by atoms with Crippen LogP contribution in [0.2, 0.25) is 0 Å². The Hall–Kier alpha value is -2.46. The van der Waals surface area contributed by atoms with Crippen molar-refractivity contribution in [1.82, 2.24) is 20.6 Å². The predicted molar refractivity (Wildman–Crippen MR) is 136 cm³/mol. The second kappa shape index (κ2) is 11.1. The summed E-state index contributed by atoms with van der Waals surface area (Å²) in [5.41, 5.74) is 16.1. The molecule has 14 heteroatoms. The fourth-order valence-corrected chi connectivity index (χ4v) is 6.12. The first-order valence-electron chi connectivity index (χ1n) is 10.0. The van der Waals surface area contributed by atoms with Gasteiger partial charge in [0.15, 0.2) is 11.0 Å². The maximum atomic E-state index is 12.7. The molecule has 0 unspecified atom stereocenters. The van der Waals surface area contributed by atoms with Crippen molar-refractivity contribution in [3.05, 3.63) is 35.9 Å². The number of thiazole rings is 1. The van der Waals surface area contributed by atoms with Crippen LogP contribution in [-0.2, 0) is 10.0 Å². The Kier molecular flexibility index (Phi) is 8.47. The van der Waals surface area contributed by atoms with Crippen LogP contribution in [0.25, 0.3) is 21.3 Å². The number of hydrazine groups is 1. The Morgan fingerprint density at radius 2 is 2.00 bits per heavy atom. The minimum atomic E-state index is -4.20. The summed E-state index contributed by atoms with van der Waals surface area (Å²) in [6.07, 6.45) is 0.866. The highest BCUT2D eigenvalue weighted by Crippen LogP contribution is 2.38. The van der Waals surface area contributed by atoms with E-state index in [1.807, 2.05) is 25.1 Å². The van der Waals surface area contributed by atoms with Crippen LogP contribution in [0.4, 0.5) is 5.13 Å². The first-order chi connectivity index (χ1) is 15.8. The fraction of sp³-hybridized carbons (Fsp3) is 0.263. The molecule has 0 aliphatic carbocycles. The van der Waals surface area contributed by atoms with Crippen LogP contribution >= 0.6 is 23.3 Å². The molecule has 0 saturated heterocycles. The van der Waals surface area contributed by atoms with Crippen molar-refractivity contribution >= 4 is 54.5 Å². The number of fused-ring (bicyclic) bond motifs is 1. The van der Waals surface area contributed by atoms with E-state index in [1.54, 1.807) is 12.1 Å². The average Bonchev–Trinajstić information content (AvgIpc) is 3.15. The first kappa shape index (κ1) is 25.2. The lowest BCUT2D eigenvalue weighted by Crippen LogP contribution is -2.27. The molecule has 0 fully saturated rings. The molecule has 3 aromatic rings. The van der Waals surface area contributed by atoms with Crippen LogP contribution in [0, 0.1) is 0 Å². The van der Waals surface area contributed by atoms with Gasteiger partial charge in [-0.3, -0.25) is 4.72 Å². The molecule has 11 nitrogen and oxygen atoms in total. The summed E-state index contributed by atoms with van der Waals surface area (Å²) in [7, 11) is -4.20. The van der Waals surface area contributed by atoms with Crippen LogP contribution in [0.3, 0.4) is 0 Å². The number of nitrogen functional groups attached to an aromatic ring is 1. The summed E-state index contributed by atoms with van der Waals surface area (Å²) in [6.45, 7) is 4.42. The van der Waals surface area contributed by atoms with E-state index in [0.29, 0.717) is 33.2 Å². The molecule has 11 N–H and O–H groups in total. The number of anilines is 1. The SMILES string of the molecule is CCNCCCNSc1ccc(-c2cccc3sc(N)nc23)c(/C(N)=N/NN)c1S(N)(=O)=O. The monoisotopic (exact) mass is 509 g/mol. The number of primary sulfonamides is 1. The maximum absolute atomic E-state index is 12.7. The molecule has 0 amide bonds. The van der Waals surface area contributed by atoms with Gasteiger partial charge >= 0.3 is 0 Å². The Labute approximate surface area is 200 Å². The van der Waals surface area contributed by atoms with E-state index >= 15 is 0 Å². The van der Waals surface area contributed by atoms with Crippen LogP contribution < -0.4 is 38.0 Å². The zero-order chi connectivity index (χ0) is 24.0. The lowest BCUT2D eigenvalue weighted by Gasteiger charge is -2.17. The van der Waals surface area contributed by atoms with Crippen LogP contribution in [0.5, 0.6) is 0 Å². The van der Waals surface area contributed by atoms with E-state index in [2.05, 4.69) is 25.7 Å². The van der Waals surface area contributed by atoms with E-state index in [0.717, 1.165) is 36.2 Å². The third-order valence-electron chi connectivity index (χ3n) is 4.64. The molecule has 0 aliphatic heterocycles. The molecule has 0 saturated carbocycles. The van der Waals surface area contributed by atoms with Gasteiger partial charge in [-0.05, 0) is 49.2 Å². The van der Waals surface area contributed by atoms with Gasteiger partial charge in [0.05, 0.1) is 10.2 Å². The summed E-state index contributed by atoms with van der Waals surface area (Å²) in [6, 6.07) is 8.96. The molecular formula is C19H27N9O2S3. The minimum Gasteiger partial charge on any atom is -0.382 e. The third kappa shape index (κ3) is 5.92. The molecule has 1 heterocycles. The number of nitrogens with zero attached hydrogens (tertiary/aromatic N) is 2. The van der Waals surface area contributed by atoms with E-state index in [1.165, 1.54) is 11.3 Å². The summed E-state index contributed by atoms with van der Waals surface area (Å²) in [4.78, 5) is 4.64. The van der Waals surface area contributed by atoms with Crippen molar-refractivity contribution in [1.29, 1.82) is 0 Å².